The largest absolute Gasteiger partial charge is 0.480 e. The van der Waals surface area contributed by atoms with Crippen molar-refractivity contribution in [1.29, 1.82) is 0 Å². The highest BCUT2D eigenvalue weighted by Gasteiger charge is 2.44. The van der Waals surface area contributed by atoms with E-state index in [1.54, 1.807) is 0 Å². The number of hydrogen-bond acceptors (Lipinski definition) is 3. The molecule has 0 spiro atoms. The van der Waals surface area contributed by atoms with Crippen LogP contribution in [0.3, 0.4) is 0 Å². The third-order valence-electron chi connectivity index (χ3n) is 3.14. The van der Waals surface area contributed by atoms with E-state index in [1.165, 1.54) is 0 Å². The Bertz CT molecular complexity index is 653. The number of hydrogen-bond donors (Lipinski definition) is 1. The van der Waals surface area contributed by atoms with Gasteiger partial charge in [0.15, 0.2) is 0 Å². The summed E-state index contributed by atoms with van der Waals surface area (Å²) in [6.45, 7) is 2.17. The maximum absolute atomic E-state index is 12.9. The van der Waals surface area contributed by atoms with Gasteiger partial charge in [-0.05, 0) is 26.0 Å². The summed E-state index contributed by atoms with van der Waals surface area (Å²) in [5, 5.41) is 9.02. The molecule has 1 aromatic carbocycles. The molecule has 0 aliphatic heterocycles. The average Bonchev–Trinajstić information content (AvgIpc) is 2.36. The standard InChI is InChI=1S/C12H14F3NO4S/c1-11(2,10(17)18)16(3)21(19,20)9-7-5-4-6-8(9)12(13,14)15/h4-7H,1-3H3,(H,17,18). The summed E-state index contributed by atoms with van der Waals surface area (Å²) in [7, 11) is -3.70. The van der Waals surface area contributed by atoms with E-state index in [9.17, 15) is 26.4 Å². The number of rotatable bonds is 4. The molecule has 0 radical (unpaired) electrons. The number of sulfonamides is 1. The first-order valence-electron chi connectivity index (χ1n) is 5.71. The Kier molecular flexibility index (Phi) is 4.40. The van der Waals surface area contributed by atoms with Gasteiger partial charge in [-0.2, -0.15) is 17.5 Å². The molecule has 9 heteroatoms. The lowest BCUT2D eigenvalue weighted by atomic mass is 10.1. The van der Waals surface area contributed by atoms with E-state index in [2.05, 4.69) is 0 Å². The fourth-order valence-corrected chi connectivity index (χ4v) is 3.19. The van der Waals surface area contributed by atoms with Crippen molar-refractivity contribution in [2.24, 2.45) is 0 Å². The first-order valence-corrected chi connectivity index (χ1v) is 7.15. The van der Waals surface area contributed by atoms with Crippen molar-refractivity contribution in [2.75, 3.05) is 7.05 Å². The molecule has 5 nitrogen and oxygen atoms in total. The van der Waals surface area contributed by atoms with Crippen molar-refractivity contribution in [1.82, 2.24) is 4.31 Å². The zero-order valence-corrected chi connectivity index (χ0v) is 12.3. The van der Waals surface area contributed by atoms with E-state index >= 15 is 0 Å². The van der Waals surface area contributed by atoms with E-state index in [0.29, 0.717) is 10.4 Å². The first-order chi connectivity index (χ1) is 9.33. The minimum Gasteiger partial charge on any atom is -0.480 e. The molecule has 0 amide bonds. The average molecular weight is 325 g/mol. The lowest BCUT2D eigenvalue weighted by molar-refractivity contribution is -0.145. The predicted octanol–water partition coefficient (Wildman–Crippen LogP) is 2.19. The van der Waals surface area contributed by atoms with Gasteiger partial charge in [-0.3, -0.25) is 4.79 Å². The highest BCUT2D eigenvalue weighted by atomic mass is 32.2. The van der Waals surface area contributed by atoms with Crippen molar-refractivity contribution in [3.05, 3.63) is 29.8 Å². The van der Waals surface area contributed by atoms with Gasteiger partial charge in [0.2, 0.25) is 10.0 Å². The van der Waals surface area contributed by atoms with Crippen LogP contribution in [-0.2, 0) is 21.0 Å². The van der Waals surface area contributed by atoms with Gasteiger partial charge in [0.25, 0.3) is 0 Å². The lowest BCUT2D eigenvalue weighted by Gasteiger charge is -2.31. The summed E-state index contributed by atoms with van der Waals surface area (Å²) in [5.74, 6) is -1.47. The number of alkyl halides is 3. The number of aliphatic carboxylic acids is 1. The van der Waals surface area contributed by atoms with E-state index in [-0.39, 0.29) is 0 Å². The van der Waals surface area contributed by atoms with Crippen LogP contribution in [0.1, 0.15) is 19.4 Å². The Labute approximate surface area is 120 Å². The van der Waals surface area contributed by atoms with Crippen molar-refractivity contribution in [3.8, 4) is 0 Å². The van der Waals surface area contributed by atoms with Crippen molar-refractivity contribution < 1.29 is 31.5 Å². The molecule has 0 fully saturated rings. The van der Waals surface area contributed by atoms with Crippen molar-refractivity contribution in [2.45, 2.75) is 30.5 Å². The number of carbonyl (C=O) groups is 1. The number of carboxylic acid groups (broad SMARTS) is 1. The Hall–Kier alpha value is -1.61. The molecule has 0 saturated carbocycles. The Morgan fingerprint density at radius 3 is 2.10 bits per heavy atom. The van der Waals surface area contributed by atoms with Crippen LogP contribution in [0, 0.1) is 0 Å². The molecule has 0 bridgehead atoms. The summed E-state index contributed by atoms with van der Waals surface area (Å²) in [6, 6.07) is 3.63. The van der Waals surface area contributed by atoms with Crippen LogP contribution in [0.15, 0.2) is 29.2 Å². The Morgan fingerprint density at radius 2 is 1.67 bits per heavy atom. The topological polar surface area (TPSA) is 74.7 Å². The van der Waals surface area contributed by atoms with Crippen LogP contribution >= 0.6 is 0 Å². The molecule has 118 valence electrons. The molecule has 1 N–H and O–H groups in total. The third-order valence-corrected chi connectivity index (χ3v) is 5.23. The van der Waals surface area contributed by atoms with Gasteiger partial charge in [0, 0.05) is 7.05 Å². The van der Waals surface area contributed by atoms with Crippen LogP contribution in [0.25, 0.3) is 0 Å². The molecule has 0 saturated heterocycles. The molecule has 0 atom stereocenters. The molecule has 21 heavy (non-hydrogen) atoms. The van der Waals surface area contributed by atoms with E-state index in [0.717, 1.165) is 39.1 Å². The molecular formula is C12H14F3NO4S. The minimum absolute atomic E-state index is 0.410. The van der Waals surface area contributed by atoms with Crippen LogP contribution in [0.2, 0.25) is 0 Å². The third kappa shape index (κ3) is 3.18. The second-order valence-corrected chi connectivity index (χ2v) is 6.77. The second-order valence-electron chi connectivity index (χ2n) is 4.83. The number of likely N-dealkylation sites (N-methyl/N-ethyl adjacent to an activating group) is 1. The monoisotopic (exact) mass is 325 g/mol. The number of nitrogens with zero attached hydrogens (tertiary/aromatic N) is 1. The number of benzene rings is 1. The summed E-state index contributed by atoms with van der Waals surface area (Å²) in [6.07, 6.45) is -4.86. The zero-order chi connectivity index (χ0) is 16.6. The summed E-state index contributed by atoms with van der Waals surface area (Å²) >= 11 is 0. The fraction of sp³-hybridized carbons (Fsp3) is 0.417. The van der Waals surface area contributed by atoms with Crippen molar-refractivity contribution in [3.63, 3.8) is 0 Å². The van der Waals surface area contributed by atoms with E-state index in [4.69, 9.17) is 5.11 Å². The van der Waals surface area contributed by atoms with Gasteiger partial charge in [0.05, 0.1) is 10.5 Å². The predicted molar refractivity (Wildman–Crippen MR) is 68.1 cm³/mol. The first kappa shape index (κ1) is 17.4. The lowest BCUT2D eigenvalue weighted by Crippen LogP contribution is -2.50. The van der Waals surface area contributed by atoms with E-state index in [1.807, 2.05) is 0 Å². The number of carboxylic acids is 1. The van der Waals surface area contributed by atoms with Gasteiger partial charge in [-0.15, -0.1) is 0 Å². The molecular weight excluding hydrogens is 311 g/mol. The van der Waals surface area contributed by atoms with Crippen molar-refractivity contribution >= 4 is 16.0 Å². The number of halogens is 3. The fourth-order valence-electron chi connectivity index (χ4n) is 1.51. The highest BCUT2D eigenvalue weighted by Crippen LogP contribution is 2.36. The Balaban J connectivity index is 3.50. The molecule has 0 aliphatic rings. The second kappa shape index (κ2) is 5.30. The Morgan fingerprint density at radius 1 is 1.19 bits per heavy atom. The maximum atomic E-state index is 12.9. The van der Waals surface area contributed by atoms with Crippen LogP contribution in [0.4, 0.5) is 13.2 Å². The normalized spacial score (nSPS) is 13.5. The zero-order valence-electron chi connectivity index (χ0n) is 11.5. The van der Waals surface area contributed by atoms with Gasteiger partial charge in [-0.25, -0.2) is 8.42 Å². The van der Waals surface area contributed by atoms with Crippen LogP contribution in [0.5, 0.6) is 0 Å². The van der Waals surface area contributed by atoms with Gasteiger partial charge in [0.1, 0.15) is 5.54 Å². The van der Waals surface area contributed by atoms with Crippen LogP contribution < -0.4 is 0 Å². The molecule has 0 heterocycles. The summed E-state index contributed by atoms with van der Waals surface area (Å²) in [5.41, 5.74) is -3.23. The molecule has 1 aromatic rings. The van der Waals surface area contributed by atoms with Gasteiger partial charge < -0.3 is 5.11 Å². The molecule has 0 aliphatic carbocycles. The molecule has 1 rings (SSSR count). The highest BCUT2D eigenvalue weighted by molar-refractivity contribution is 7.89. The van der Waals surface area contributed by atoms with E-state index < -0.39 is 38.2 Å². The summed E-state index contributed by atoms with van der Waals surface area (Å²) < 4.78 is 63.7. The molecule has 0 unspecified atom stereocenters. The van der Waals surface area contributed by atoms with Crippen LogP contribution in [-0.4, -0.2) is 36.4 Å². The smallest absolute Gasteiger partial charge is 0.417 e. The van der Waals surface area contributed by atoms with Gasteiger partial charge in [-0.1, -0.05) is 12.1 Å². The summed E-state index contributed by atoms with van der Waals surface area (Å²) in [4.78, 5) is 10.1. The minimum atomic E-state index is -4.86. The molecule has 0 aromatic heterocycles. The SMILES string of the molecule is CN(C(C)(C)C(=O)O)S(=O)(=O)c1ccccc1C(F)(F)F. The maximum Gasteiger partial charge on any atom is 0.417 e. The van der Waals surface area contributed by atoms with Gasteiger partial charge >= 0.3 is 12.1 Å². The quantitative estimate of drug-likeness (QED) is 0.921.